The van der Waals surface area contributed by atoms with Crippen LogP contribution in [0.25, 0.3) is 0 Å². The van der Waals surface area contributed by atoms with E-state index >= 15 is 0 Å². The number of hydrogen-bond acceptors (Lipinski definition) is 3. The smallest absolute Gasteiger partial charge is 0.257 e. The summed E-state index contributed by atoms with van der Waals surface area (Å²) in [4.78, 5) is 38.4. The molecule has 7 heteroatoms. The molecule has 0 atom stereocenters. The zero-order valence-corrected chi connectivity index (χ0v) is 16.8. The summed E-state index contributed by atoms with van der Waals surface area (Å²) in [6.07, 6.45) is 10.3. The van der Waals surface area contributed by atoms with Crippen molar-refractivity contribution in [2.75, 3.05) is 0 Å². The van der Waals surface area contributed by atoms with Gasteiger partial charge in [0.05, 0.1) is 0 Å². The number of carbonyl (C=O) groups excluding carboxylic acids is 2. The standard InChI is InChI=1S/C23H26FN3O3/c24-16-8-6-15(7-9-16)12-25-22(29)19-13-27(18-4-2-1-3-5-18)14-20(21(19)28)23(30)26-17-10-11-17/h6-9,13-14,17-18H,1-5,10-12H2,(H,25,29)(H,26,30). The monoisotopic (exact) mass is 411 g/mol. The highest BCUT2D eigenvalue weighted by Crippen LogP contribution is 2.28. The van der Waals surface area contributed by atoms with Crippen molar-refractivity contribution in [2.45, 2.75) is 63.6 Å². The number of hydrogen-bond donors (Lipinski definition) is 2. The van der Waals surface area contributed by atoms with Crippen LogP contribution in [0.3, 0.4) is 0 Å². The van der Waals surface area contributed by atoms with Gasteiger partial charge >= 0.3 is 0 Å². The number of amides is 2. The zero-order valence-electron chi connectivity index (χ0n) is 16.8. The van der Waals surface area contributed by atoms with Crippen LogP contribution in [0.1, 0.15) is 77.3 Å². The van der Waals surface area contributed by atoms with Crippen LogP contribution < -0.4 is 16.1 Å². The molecule has 2 aromatic rings. The van der Waals surface area contributed by atoms with Gasteiger partial charge in [-0.05, 0) is 43.4 Å². The highest BCUT2D eigenvalue weighted by atomic mass is 19.1. The van der Waals surface area contributed by atoms with Gasteiger partial charge in [-0.1, -0.05) is 31.4 Å². The Balaban J connectivity index is 1.60. The lowest BCUT2D eigenvalue weighted by Crippen LogP contribution is -2.36. The van der Waals surface area contributed by atoms with Crippen molar-refractivity contribution in [3.8, 4) is 0 Å². The molecule has 30 heavy (non-hydrogen) atoms. The minimum Gasteiger partial charge on any atom is -0.349 e. The SMILES string of the molecule is O=C(NCc1ccc(F)cc1)c1cn(C2CCCCC2)cc(C(=O)NC2CC2)c1=O. The average Bonchev–Trinajstić information content (AvgIpc) is 3.58. The molecule has 2 saturated carbocycles. The quantitative estimate of drug-likeness (QED) is 0.765. The first-order valence-electron chi connectivity index (χ1n) is 10.6. The van der Waals surface area contributed by atoms with Crippen LogP contribution >= 0.6 is 0 Å². The fourth-order valence-corrected chi connectivity index (χ4v) is 3.88. The summed E-state index contributed by atoms with van der Waals surface area (Å²) >= 11 is 0. The van der Waals surface area contributed by atoms with Gasteiger partial charge in [0.1, 0.15) is 16.9 Å². The van der Waals surface area contributed by atoms with E-state index in [9.17, 15) is 18.8 Å². The van der Waals surface area contributed by atoms with Gasteiger partial charge in [-0.15, -0.1) is 0 Å². The summed E-state index contributed by atoms with van der Waals surface area (Å²) < 4.78 is 14.9. The highest BCUT2D eigenvalue weighted by Gasteiger charge is 2.27. The molecule has 0 bridgehead atoms. The number of benzene rings is 1. The lowest BCUT2D eigenvalue weighted by Gasteiger charge is -2.25. The molecule has 0 unspecified atom stereocenters. The van der Waals surface area contributed by atoms with Crippen LogP contribution in [0.5, 0.6) is 0 Å². The van der Waals surface area contributed by atoms with Gasteiger partial charge < -0.3 is 15.2 Å². The van der Waals surface area contributed by atoms with Crippen molar-refractivity contribution >= 4 is 11.8 Å². The van der Waals surface area contributed by atoms with Crippen molar-refractivity contribution < 1.29 is 14.0 Å². The highest BCUT2D eigenvalue weighted by molar-refractivity contribution is 5.99. The molecular weight excluding hydrogens is 385 g/mol. The summed E-state index contributed by atoms with van der Waals surface area (Å²) in [6.45, 7) is 0.167. The van der Waals surface area contributed by atoms with Gasteiger partial charge in [-0.25, -0.2) is 4.39 Å². The second-order valence-corrected chi connectivity index (χ2v) is 8.21. The van der Waals surface area contributed by atoms with E-state index in [0.717, 1.165) is 44.1 Å². The third-order valence-corrected chi connectivity index (χ3v) is 5.81. The number of nitrogens with zero attached hydrogens (tertiary/aromatic N) is 1. The molecule has 1 aromatic heterocycles. The number of aromatic nitrogens is 1. The maximum atomic E-state index is 13.1. The van der Waals surface area contributed by atoms with Gasteiger partial charge in [-0.2, -0.15) is 0 Å². The van der Waals surface area contributed by atoms with Crippen molar-refractivity contribution in [3.63, 3.8) is 0 Å². The van der Waals surface area contributed by atoms with Crippen molar-refractivity contribution in [1.82, 2.24) is 15.2 Å². The molecule has 0 radical (unpaired) electrons. The lowest BCUT2D eigenvalue weighted by molar-refractivity contribution is 0.0947. The van der Waals surface area contributed by atoms with E-state index < -0.39 is 17.2 Å². The zero-order chi connectivity index (χ0) is 21.1. The Morgan fingerprint density at radius 3 is 2.20 bits per heavy atom. The Morgan fingerprint density at radius 1 is 0.933 bits per heavy atom. The van der Waals surface area contributed by atoms with Crippen molar-refractivity contribution in [3.05, 3.63) is 69.4 Å². The van der Waals surface area contributed by atoms with Gasteiger partial charge in [0.25, 0.3) is 11.8 Å². The first-order chi connectivity index (χ1) is 14.5. The first-order valence-corrected chi connectivity index (χ1v) is 10.6. The molecule has 4 rings (SSSR count). The Labute approximate surface area is 174 Å². The largest absolute Gasteiger partial charge is 0.349 e. The molecule has 2 fully saturated rings. The molecule has 6 nitrogen and oxygen atoms in total. The maximum Gasteiger partial charge on any atom is 0.257 e. The van der Waals surface area contributed by atoms with Gasteiger partial charge in [0, 0.05) is 31.0 Å². The maximum absolute atomic E-state index is 13.1. The molecule has 0 spiro atoms. The second kappa shape index (κ2) is 8.81. The summed E-state index contributed by atoms with van der Waals surface area (Å²) in [7, 11) is 0. The topological polar surface area (TPSA) is 80.2 Å². The van der Waals surface area contributed by atoms with E-state index in [1.54, 1.807) is 24.5 Å². The van der Waals surface area contributed by atoms with Gasteiger partial charge in [0.15, 0.2) is 0 Å². The van der Waals surface area contributed by atoms with Crippen molar-refractivity contribution in [1.29, 1.82) is 0 Å². The predicted octanol–water partition coefficient (Wildman–Crippen LogP) is 3.31. The summed E-state index contributed by atoms with van der Waals surface area (Å²) in [5.74, 6) is -1.30. The molecule has 0 aliphatic heterocycles. The molecule has 2 aliphatic rings. The number of halogens is 1. The summed E-state index contributed by atoms with van der Waals surface area (Å²) in [5, 5.41) is 5.57. The molecule has 1 aromatic carbocycles. The fraction of sp³-hybridized carbons (Fsp3) is 0.435. The van der Waals surface area contributed by atoms with E-state index in [2.05, 4.69) is 10.6 Å². The summed E-state index contributed by atoms with van der Waals surface area (Å²) in [6, 6.07) is 6.09. The van der Waals surface area contributed by atoms with E-state index in [4.69, 9.17) is 0 Å². The molecular formula is C23H26FN3O3. The first kappa shape index (κ1) is 20.3. The van der Waals surface area contributed by atoms with E-state index in [1.165, 1.54) is 18.6 Å². The number of carbonyl (C=O) groups is 2. The normalized spacial score (nSPS) is 16.8. The minimum atomic E-state index is -0.559. The van der Waals surface area contributed by atoms with Crippen LogP contribution in [0.15, 0.2) is 41.5 Å². The molecule has 2 amide bonds. The Kier molecular flexibility index (Phi) is 5.97. The van der Waals surface area contributed by atoms with E-state index in [0.29, 0.717) is 0 Å². The molecule has 2 aliphatic carbocycles. The van der Waals surface area contributed by atoms with Crippen LogP contribution in [0, 0.1) is 5.82 Å². The number of nitrogens with one attached hydrogen (secondary N) is 2. The number of rotatable bonds is 6. The van der Waals surface area contributed by atoms with Gasteiger partial charge in [-0.3, -0.25) is 14.4 Å². The van der Waals surface area contributed by atoms with E-state index in [-0.39, 0.29) is 35.6 Å². The fourth-order valence-electron chi connectivity index (χ4n) is 3.88. The Bertz CT molecular complexity index is 990. The van der Waals surface area contributed by atoms with Crippen LogP contribution in [0.2, 0.25) is 0 Å². The van der Waals surface area contributed by atoms with E-state index in [1.807, 2.05) is 4.57 Å². The van der Waals surface area contributed by atoms with Crippen LogP contribution in [0.4, 0.5) is 4.39 Å². The second-order valence-electron chi connectivity index (χ2n) is 8.21. The summed E-state index contributed by atoms with van der Waals surface area (Å²) in [5.41, 5.74) is 0.143. The van der Waals surface area contributed by atoms with Crippen molar-refractivity contribution in [2.24, 2.45) is 0 Å². The molecule has 1 heterocycles. The third-order valence-electron chi connectivity index (χ3n) is 5.81. The molecule has 158 valence electrons. The van der Waals surface area contributed by atoms with Crippen LogP contribution in [-0.2, 0) is 6.54 Å². The molecule has 0 saturated heterocycles. The third kappa shape index (κ3) is 4.78. The lowest BCUT2D eigenvalue weighted by atomic mass is 9.95. The Hall–Kier alpha value is -2.96. The van der Waals surface area contributed by atoms with Gasteiger partial charge in [0.2, 0.25) is 5.43 Å². The number of pyridine rings is 1. The molecule has 2 N–H and O–H groups in total. The predicted molar refractivity (Wildman–Crippen MR) is 111 cm³/mol. The van der Waals surface area contributed by atoms with Crippen LogP contribution in [-0.4, -0.2) is 22.4 Å². The minimum absolute atomic E-state index is 0.0157. The Morgan fingerprint density at radius 2 is 1.57 bits per heavy atom. The average molecular weight is 411 g/mol.